The van der Waals surface area contributed by atoms with E-state index in [4.69, 9.17) is 0 Å². The van der Waals surface area contributed by atoms with E-state index in [0.29, 0.717) is 5.56 Å². The molecule has 0 heterocycles. The number of hydrogen-bond donors (Lipinski definition) is 3. The molecule has 0 saturated heterocycles. The van der Waals surface area contributed by atoms with Crippen LogP contribution in [0.4, 0.5) is 11.4 Å². The molecule has 0 radical (unpaired) electrons. The molecule has 0 atom stereocenters. The van der Waals surface area contributed by atoms with Gasteiger partial charge in [0, 0.05) is 28.4 Å². The monoisotopic (exact) mass is 361 g/mol. The van der Waals surface area contributed by atoms with Gasteiger partial charge in [0.25, 0.3) is 5.91 Å². The fourth-order valence-electron chi connectivity index (χ4n) is 2.83. The lowest BCUT2D eigenvalue weighted by Crippen LogP contribution is -2.30. The smallest absolute Gasteiger partial charge is 0.251 e. The average Bonchev–Trinajstić information content (AvgIpc) is 2.66. The number of carbonyl (C=O) groups excluding carboxylic acids is 2. The zero-order valence-electron chi connectivity index (χ0n) is 15.5. The van der Waals surface area contributed by atoms with Crippen molar-refractivity contribution in [2.75, 3.05) is 17.2 Å². The maximum absolute atomic E-state index is 12.3. The Bertz CT molecular complexity index is 961. The third-order valence-electron chi connectivity index (χ3n) is 4.06. The molecular weight excluding hydrogens is 338 g/mol. The average molecular weight is 361 g/mol. The van der Waals surface area contributed by atoms with Crippen molar-refractivity contribution in [2.24, 2.45) is 0 Å². The summed E-state index contributed by atoms with van der Waals surface area (Å²) in [5.41, 5.74) is 2.06. The second-order valence-electron chi connectivity index (χ2n) is 6.64. The Kier molecular flexibility index (Phi) is 5.71. The summed E-state index contributed by atoms with van der Waals surface area (Å²) < 4.78 is 0. The zero-order valence-corrected chi connectivity index (χ0v) is 15.5. The van der Waals surface area contributed by atoms with Gasteiger partial charge in [-0.25, -0.2) is 0 Å². The maximum atomic E-state index is 12.3. The molecule has 27 heavy (non-hydrogen) atoms. The van der Waals surface area contributed by atoms with Gasteiger partial charge in [-0.2, -0.15) is 0 Å². The van der Waals surface area contributed by atoms with Crippen molar-refractivity contribution in [1.82, 2.24) is 5.32 Å². The lowest BCUT2D eigenvalue weighted by molar-refractivity contribution is -0.114. The van der Waals surface area contributed by atoms with Gasteiger partial charge in [0.2, 0.25) is 5.91 Å². The number of anilines is 2. The van der Waals surface area contributed by atoms with Gasteiger partial charge in [-0.15, -0.1) is 0 Å². The molecule has 3 aromatic carbocycles. The highest BCUT2D eigenvalue weighted by atomic mass is 16.2. The first-order valence-electron chi connectivity index (χ1n) is 8.95. The lowest BCUT2D eigenvalue weighted by Gasteiger charge is -2.12. The molecule has 3 rings (SSSR count). The minimum Gasteiger partial charge on any atom is -0.376 e. The molecule has 0 fully saturated rings. The molecule has 2 amide bonds. The predicted molar refractivity (Wildman–Crippen MR) is 110 cm³/mol. The van der Waals surface area contributed by atoms with Crippen molar-refractivity contribution in [3.63, 3.8) is 0 Å². The van der Waals surface area contributed by atoms with Gasteiger partial charge >= 0.3 is 0 Å². The van der Waals surface area contributed by atoms with Gasteiger partial charge < -0.3 is 16.0 Å². The fraction of sp³-hybridized carbons (Fsp3) is 0.182. The topological polar surface area (TPSA) is 70.2 Å². The van der Waals surface area contributed by atoms with E-state index >= 15 is 0 Å². The van der Waals surface area contributed by atoms with Gasteiger partial charge in [0.15, 0.2) is 0 Å². The van der Waals surface area contributed by atoms with Crippen molar-refractivity contribution in [1.29, 1.82) is 0 Å². The van der Waals surface area contributed by atoms with Crippen LogP contribution in [0.25, 0.3) is 10.8 Å². The van der Waals surface area contributed by atoms with Crippen molar-refractivity contribution in [2.45, 2.75) is 19.9 Å². The number of hydrogen-bond acceptors (Lipinski definition) is 3. The molecule has 3 N–H and O–H groups in total. The molecule has 0 aliphatic carbocycles. The highest BCUT2D eigenvalue weighted by Gasteiger charge is 2.09. The number of rotatable bonds is 6. The first kappa shape index (κ1) is 18.5. The summed E-state index contributed by atoms with van der Waals surface area (Å²) in [5.74, 6) is -0.280. The highest BCUT2D eigenvalue weighted by Crippen LogP contribution is 2.22. The Morgan fingerprint density at radius 3 is 2.48 bits per heavy atom. The third kappa shape index (κ3) is 4.85. The van der Waals surface area contributed by atoms with Crippen LogP contribution in [0.1, 0.15) is 24.2 Å². The van der Waals surface area contributed by atoms with Crippen LogP contribution < -0.4 is 16.0 Å². The Labute approximate surface area is 158 Å². The summed E-state index contributed by atoms with van der Waals surface area (Å²) >= 11 is 0. The minimum atomic E-state index is -0.150. The highest BCUT2D eigenvalue weighted by molar-refractivity contribution is 6.03. The second kappa shape index (κ2) is 8.36. The standard InChI is InChI=1S/C22H23N3O2/c1-15(2)24-22(27)17-9-5-10-18(13-17)23-14-21(26)25-20-12-6-8-16-7-3-4-11-19(16)20/h3-13,15,23H,14H2,1-2H3,(H,24,27)(H,25,26). The Morgan fingerprint density at radius 1 is 0.926 bits per heavy atom. The summed E-state index contributed by atoms with van der Waals surface area (Å²) in [4.78, 5) is 24.4. The first-order valence-corrected chi connectivity index (χ1v) is 8.95. The van der Waals surface area contributed by atoms with E-state index < -0.39 is 0 Å². The molecule has 0 aliphatic heterocycles. The number of carbonyl (C=O) groups is 2. The van der Waals surface area contributed by atoms with Crippen LogP contribution in [-0.2, 0) is 4.79 Å². The Hall–Kier alpha value is -3.34. The molecular formula is C22H23N3O2. The van der Waals surface area contributed by atoms with Gasteiger partial charge in [-0.3, -0.25) is 9.59 Å². The second-order valence-corrected chi connectivity index (χ2v) is 6.64. The molecule has 5 nitrogen and oxygen atoms in total. The van der Waals surface area contributed by atoms with E-state index in [9.17, 15) is 9.59 Å². The first-order chi connectivity index (χ1) is 13.0. The number of benzene rings is 3. The van der Waals surface area contributed by atoms with Crippen LogP contribution in [0.15, 0.2) is 66.7 Å². The van der Waals surface area contributed by atoms with E-state index in [1.165, 1.54) is 0 Å². The molecule has 0 aromatic heterocycles. The summed E-state index contributed by atoms with van der Waals surface area (Å²) in [6.07, 6.45) is 0. The lowest BCUT2D eigenvalue weighted by atomic mass is 10.1. The number of amides is 2. The van der Waals surface area contributed by atoms with E-state index in [2.05, 4.69) is 16.0 Å². The van der Waals surface area contributed by atoms with Crippen LogP contribution in [-0.4, -0.2) is 24.4 Å². The van der Waals surface area contributed by atoms with Crippen molar-refractivity contribution in [3.8, 4) is 0 Å². The van der Waals surface area contributed by atoms with Crippen LogP contribution in [0, 0.1) is 0 Å². The zero-order chi connectivity index (χ0) is 19.2. The van der Waals surface area contributed by atoms with Crippen LogP contribution >= 0.6 is 0 Å². The Balaban J connectivity index is 1.63. The largest absolute Gasteiger partial charge is 0.376 e. The van der Waals surface area contributed by atoms with Gasteiger partial charge in [0.05, 0.1) is 6.54 Å². The Morgan fingerprint density at radius 2 is 1.67 bits per heavy atom. The van der Waals surface area contributed by atoms with Crippen molar-refractivity contribution in [3.05, 3.63) is 72.3 Å². The minimum absolute atomic E-state index is 0.0700. The van der Waals surface area contributed by atoms with E-state index in [1.54, 1.807) is 18.2 Å². The maximum Gasteiger partial charge on any atom is 0.251 e. The molecule has 0 unspecified atom stereocenters. The van der Waals surface area contributed by atoms with Crippen LogP contribution in [0.2, 0.25) is 0 Å². The molecule has 0 saturated carbocycles. The normalized spacial score (nSPS) is 10.6. The summed E-state index contributed by atoms with van der Waals surface area (Å²) in [7, 11) is 0. The quantitative estimate of drug-likeness (QED) is 0.621. The summed E-state index contributed by atoms with van der Waals surface area (Å²) in [5, 5.41) is 10.9. The molecule has 3 aromatic rings. The third-order valence-corrected chi connectivity index (χ3v) is 4.06. The summed E-state index contributed by atoms with van der Waals surface area (Å²) in [6.45, 7) is 3.94. The number of fused-ring (bicyclic) bond motifs is 1. The predicted octanol–water partition coefficient (Wildman–Crippen LogP) is 4.03. The van der Waals surface area contributed by atoms with Gasteiger partial charge in [-0.05, 0) is 43.5 Å². The SMILES string of the molecule is CC(C)NC(=O)c1cccc(NCC(=O)Nc2cccc3ccccc23)c1. The fourth-order valence-corrected chi connectivity index (χ4v) is 2.83. The van der Waals surface area contributed by atoms with E-state index in [-0.39, 0.29) is 24.4 Å². The molecule has 0 bridgehead atoms. The molecule has 5 heteroatoms. The van der Waals surface area contributed by atoms with Crippen LogP contribution in [0.5, 0.6) is 0 Å². The molecule has 138 valence electrons. The van der Waals surface area contributed by atoms with Crippen molar-refractivity contribution < 1.29 is 9.59 Å². The van der Waals surface area contributed by atoms with E-state index in [1.807, 2.05) is 62.4 Å². The van der Waals surface area contributed by atoms with Gasteiger partial charge in [0.1, 0.15) is 0 Å². The molecule has 0 aliphatic rings. The molecule has 0 spiro atoms. The summed E-state index contributed by atoms with van der Waals surface area (Å²) in [6, 6.07) is 20.9. The van der Waals surface area contributed by atoms with Gasteiger partial charge in [-0.1, -0.05) is 42.5 Å². The van der Waals surface area contributed by atoms with Crippen molar-refractivity contribution >= 4 is 34.0 Å². The van der Waals surface area contributed by atoms with Crippen LogP contribution in [0.3, 0.4) is 0 Å². The number of nitrogens with one attached hydrogen (secondary N) is 3. The van der Waals surface area contributed by atoms with E-state index in [0.717, 1.165) is 22.1 Å².